The number of aryl methyl sites for hydroxylation is 1. The first-order chi connectivity index (χ1) is 12.6. The molecule has 0 N–H and O–H groups in total. The van der Waals surface area contributed by atoms with Gasteiger partial charge in [-0.3, -0.25) is 4.79 Å². The first kappa shape index (κ1) is 17.9. The number of hydrogen-bond acceptors (Lipinski definition) is 5. The normalized spacial score (nSPS) is 14.4. The van der Waals surface area contributed by atoms with Crippen LogP contribution in [0, 0.1) is 0 Å². The van der Waals surface area contributed by atoms with E-state index >= 15 is 0 Å². The van der Waals surface area contributed by atoms with Gasteiger partial charge >= 0.3 is 6.09 Å². The molecule has 8 nitrogen and oxygen atoms in total. The van der Waals surface area contributed by atoms with Crippen molar-refractivity contribution in [2.75, 3.05) is 32.8 Å². The van der Waals surface area contributed by atoms with Gasteiger partial charge in [0.05, 0.1) is 18.5 Å². The fourth-order valence-corrected chi connectivity index (χ4v) is 2.84. The maximum Gasteiger partial charge on any atom is 0.409 e. The van der Waals surface area contributed by atoms with E-state index in [1.54, 1.807) is 27.6 Å². The van der Waals surface area contributed by atoms with Crippen molar-refractivity contribution in [2.45, 2.75) is 20.3 Å². The zero-order chi connectivity index (χ0) is 18.5. The van der Waals surface area contributed by atoms with Crippen molar-refractivity contribution in [1.82, 2.24) is 24.8 Å². The summed E-state index contributed by atoms with van der Waals surface area (Å²) in [5.41, 5.74) is 2.40. The van der Waals surface area contributed by atoms with Gasteiger partial charge in [-0.15, -0.1) is 5.10 Å². The van der Waals surface area contributed by atoms with E-state index in [1.165, 1.54) is 5.56 Å². The van der Waals surface area contributed by atoms with Crippen LogP contribution < -0.4 is 0 Å². The number of ether oxygens (including phenoxy) is 1. The van der Waals surface area contributed by atoms with Crippen molar-refractivity contribution in [1.29, 1.82) is 0 Å². The summed E-state index contributed by atoms with van der Waals surface area (Å²) in [6.45, 7) is 6.04. The van der Waals surface area contributed by atoms with Crippen molar-refractivity contribution in [2.24, 2.45) is 0 Å². The van der Waals surface area contributed by atoms with Crippen LogP contribution in [0.15, 0.2) is 30.5 Å². The van der Waals surface area contributed by atoms with Gasteiger partial charge in [0.25, 0.3) is 5.91 Å². The number of hydrogen-bond donors (Lipinski definition) is 0. The lowest BCUT2D eigenvalue weighted by molar-refractivity contribution is 0.0566. The molecule has 26 heavy (non-hydrogen) atoms. The third kappa shape index (κ3) is 3.84. The Hall–Kier alpha value is -2.90. The van der Waals surface area contributed by atoms with Gasteiger partial charge in [0.2, 0.25) is 0 Å². The first-order valence-electron chi connectivity index (χ1n) is 8.85. The molecule has 1 saturated heterocycles. The molecule has 0 radical (unpaired) electrons. The molecular weight excluding hydrogens is 334 g/mol. The van der Waals surface area contributed by atoms with E-state index in [-0.39, 0.29) is 12.0 Å². The first-order valence-corrected chi connectivity index (χ1v) is 8.85. The Bertz CT molecular complexity index is 763. The van der Waals surface area contributed by atoms with Crippen LogP contribution in [0.5, 0.6) is 0 Å². The largest absolute Gasteiger partial charge is 0.450 e. The van der Waals surface area contributed by atoms with Gasteiger partial charge in [-0.05, 0) is 31.0 Å². The second-order valence-corrected chi connectivity index (χ2v) is 6.05. The molecule has 1 aliphatic heterocycles. The molecule has 2 heterocycles. The molecule has 2 aromatic rings. The summed E-state index contributed by atoms with van der Waals surface area (Å²) in [5, 5.41) is 8.07. The minimum Gasteiger partial charge on any atom is -0.450 e. The van der Waals surface area contributed by atoms with E-state index in [2.05, 4.69) is 17.2 Å². The molecule has 138 valence electrons. The van der Waals surface area contributed by atoms with Crippen molar-refractivity contribution < 1.29 is 14.3 Å². The lowest BCUT2D eigenvalue weighted by Gasteiger charge is -2.33. The van der Waals surface area contributed by atoms with Crippen molar-refractivity contribution in [3.63, 3.8) is 0 Å². The molecule has 8 heteroatoms. The average Bonchev–Trinajstić information content (AvgIpc) is 3.18. The molecule has 1 aliphatic rings. The van der Waals surface area contributed by atoms with E-state index in [0.717, 1.165) is 12.1 Å². The molecule has 2 amide bonds. The minimum atomic E-state index is -0.332. The molecule has 1 aromatic carbocycles. The predicted molar refractivity (Wildman–Crippen MR) is 95.2 cm³/mol. The molecular formula is C18H23N5O3. The minimum absolute atomic E-state index is 0.176. The van der Waals surface area contributed by atoms with Crippen LogP contribution in [0.1, 0.15) is 29.9 Å². The maximum atomic E-state index is 12.6. The topological polar surface area (TPSA) is 80.6 Å². The SMILES string of the molecule is CCOC(=O)N1CCN(C(=O)c2cn(-c3ccc(CC)cc3)nn2)CC1. The number of carbonyl (C=O) groups is 2. The number of piperazine rings is 1. The summed E-state index contributed by atoms with van der Waals surface area (Å²) in [7, 11) is 0. The van der Waals surface area contributed by atoms with Gasteiger partial charge < -0.3 is 14.5 Å². The Morgan fingerprint density at radius 2 is 1.69 bits per heavy atom. The van der Waals surface area contributed by atoms with Gasteiger partial charge in [0, 0.05) is 26.2 Å². The van der Waals surface area contributed by atoms with E-state index in [1.807, 2.05) is 24.3 Å². The Morgan fingerprint density at radius 1 is 1.04 bits per heavy atom. The Kier molecular flexibility index (Phi) is 5.50. The molecule has 0 spiro atoms. The van der Waals surface area contributed by atoms with Crippen LogP contribution in [0.2, 0.25) is 0 Å². The fourth-order valence-electron chi connectivity index (χ4n) is 2.84. The number of amides is 2. The predicted octanol–water partition coefficient (Wildman–Crippen LogP) is 1.74. The smallest absolute Gasteiger partial charge is 0.409 e. The second kappa shape index (κ2) is 7.99. The van der Waals surface area contributed by atoms with E-state index < -0.39 is 0 Å². The summed E-state index contributed by atoms with van der Waals surface area (Å²) >= 11 is 0. The van der Waals surface area contributed by atoms with Crippen LogP contribution in [0.4, 0.5) is 4.79 Å². The molecule has 0 unspecified atom stereocenters. The number of rotatable bonds is 4. The number of nitrogens with zero attached hydrogens (tertiary/aromatic N) is 5. The van der Waals surface area contributed by atoms with Crippen molar-refractivity contribution in [3.05, 3.63) is 41.7 Å². The molecule has 0 aliphatic carbocycles. The van der Waals surface area contributed by atoms with E-state index in [4.69, 9.17) is 4.74 Å². The lowest BCUT2D eigenvalue weighted by atomic mass is 10.1. The van der Waals surface area contributed by atoms with E-state index in [0.29, 0.717) is 38.5 Å². The van der Waals surface area contributed by atoms with Gasteiger partial charge in [-0.25, -0.2) is 9.48 Å². The number of benzene rings is 1. The third-order valence-corrected chi connectivity index (χ3v) is 4.41. The zero-order valence-electron chi connectivity index (χ0n) is 15.1. The zero-order valence-corrected chi connectivity index (χ0v) is 15.1. The van der Waals surface area contributed by atoms with Crippen molar-refractivity contribution >= 4 is 12.0 Å². The summed E-state index contributed by atoms with van der Waals surface area (Å²) < 4.78 is 6.59. The molecule has 0 bridgehead atoms. The second-order valence-electron chi connectivity index (χ2n) is 6.05. The molecule has 1 aromatic heterocycles. The van der Waals surface area contributed by atoms with Gasteiger partial charge in [-0.1, -0.05) is 24.3 Å². The highest BCUT2D eigenvalue weighted by atomic mass is 16.6. The molecule has 1 fully saturated rings. The van der Waals surface area contributed by atoms with Crippen LogP contribution in [0.3, 0.4) is 0 Å². The van der Waals surface area contributed by atoms with Gasteiger partial charge in [0.1, 0.15) is 0 Å². The van der Waals surface area contributed by atoms with Gasteiger partial charge in [0.15, 0.2) is 5.69 Å². The summed E-state index contributed by atoms with van der Waals surface area (Å²) in [5.74, 6) is -0.176. The highest BCUT2D eigenvalue weighted by Crippen LogP contribution is 2.12. The van der Waals surface area contributed by atoms with Crippen LogP contribution in [-0.4, -0.2) is 69.6 Å². The Morgan fingerprint density at radius 3 is 2.31 bits per heavy atom. The Labute approximate surface area is 152 Å². The van der Waals surface area contributed by atoms with Gasteiger partial charge in [-0.2, -0.15) is 0 Å². The summed E-state index contributed by atoms with van der Waals surface area (Å²) in [6.07, 6.45) is 2.28. The molecule has 0 atom stereocenters. The Balaban J connectivity index is 1.62. The number of aromatic nitrogens is 3. The monoisotopic (exact) mass is 357 g/mol. The fraction of sp³-hybridized carbons (Fsp3) is 0.444. The summed E-state index contributed by atoms with van der Waals surface area (Å²) in [6, 6.07) is 7.99. The van der Waals surface area contributed by atoms with E-state index in [9.17, 15) is 9.59 Å². The van der Waals surface area contributed by atoms with Crippen LogP contribution in [0.25, 0.3) is 5.69 Å². The maximum absolute atomic E-state index is 12.6. The quantitative estimate of drug-likeness (QED) is 0.833. The van der Waals surface area contributed by atoms with Crippen LogP contribution in [-0.2, 0) is 11.2 Å². The van der Waals surface area contributed by atoms with Crippen LogP contribution >= 0.6 is 0 Å². The molecule has 0 saturated carbocycles. The average molecular weight is 357 g/mol. The molecule has 3 rings (SSSR count). The highest BCUT2D eigenvalue weighted by Gasteiger charge is 2.26. The van der Waals surface area contributed by atoms with Crippen molar-refractivity contribution in [3.8, 4) is 5.69 Å². The third-order valence-electron chi connectivity index (χ3n) is 4.41. The lowest BCUT2D eigenvalue weighted by Crippen LogP contribution is -2.50. The standard InChI is InChI=1S/C18H23N5O3/c1-3-14-5-7-15(8-6-14)23-13-16(19-20-23)17(24)21-9-11-22(12-10-21)18(25)26-4-2/h5-8,13H,3-4,9-12H2,1-2H3. The summed E-state index contributed by atoms with van der Waals surface area (Å²) in [4.78, 5) is 27.6. The number of carbonyl (C=O) groups excluding carboxylic acids is 2. The highest BCUT2D eigenvalue weighted by molar-refractivity contribution is 5.92.